The summed E-state index contributed by atoms with van der Waals surface area (Å²) in [6, 6.07) is 12.4. The van der Waals surface area contributed by atoms with Crippen molar-refractivity contribution in [2.24, 2.45) is 0 Å². The normalized spacial score (nSPS) is 10.7. The molecule has 2 aromatic carbocycles. The number of esters is 1. The number of nitriles is 1. The first-order valence-electron chi connectivity index (χ1n) is 9.35. The molecular formula is C23H24N2O5. The van der Waals surface area contributed by atoms with Crippen molar-refractivity contribution in [2.75, 3.05) is 25.6 Å². The van der Waals surface area contributed by atoms with Crippen LogP contribution in [0.4, 0.5) is 5.69 Å². The average molecular weight is 408 g/mol. The summed E-state index contributed by atoms with van der Waals surface area (Å²) in [5.41, 5.74) is 3.09. The summed E-state index contributed by atoms with van der Waals surface area (Å²) in [7, 11) is 1.47. The van der Waals surface area contributed by atoms with Crippen molar-refractivity contribution in [3.8, 4) is 17.6 Å². The molecule has 7 heteroatoms. The molecule has 0 heterocycles. The van der Waals surface area contributed by atoms with Gasteiger partial charge in [-0.25, -0.2) is 4.79 Å². The molecule has 0 bridgehead atoms. The highest BCUT2D eigenvalue weighted by Crippen LogP contribution is 2.29. The Hall–Kier alpha value is -3.79. The highest BCUT2D eigenvalue weighted by atomic mass is 16.6. The van der Waals surface area contributed by atoms with E-state index in [2.05, 4.69) is 5.32 Å². The van der Waals surface area contributed by atoms with Gasteiger partial charge in [-0.2, -0.15) is 5.26 Å². The maximum absolute atomic E-state index is 12.6. The first kappa shape index (κ1) is 22.5. The Kier molecular flexibility index (Phi) is 8.00. The summed E-state index contributed by atoms with van der Waals surface area (Å²) in [6.45, 7) is 5.52. The van der Waals surface area contributed by atoms with Crippen molar-refractivity contribution in [3.63, 3.8) is 0 Å². The zero-order valence-electron chi connectivity index (χ0n) is 17.4. The fraction of sp³-hybridized carbons (Fsp3) is 0.261. The highest BCUT2D eigenvalue weighted by molar-refractivity contribution is 6.10. The van der Waals surface area contributed by atoms with Crippen molar-refractivity contribution >= 4 is 23.6 Å². The van der Waals surface area contributed by atoms with Crippen LogP contribution in [0.1, 0.15) is 23.6 Å². The van der Waals surface area contributed by atoms with Crippen LogP contribution in [0.25, 0.3) is 6.08 Å². The Bertz CT molecular complexity index is 1010. The Morgan fingerprint density at radius 2 is 1.93 bits per heavy atom. The van der Waals surface area contributed by atoms with Gasteiger partial charge in [-0.15, -0.1) is 0 Å². The van der Waals surface area contributed by atoms with Crippen LogP contribution in [0.3, 0.4) is 0 Å². The minimum atomic E-state index is -0.518. The second-order valence-electron chi connectivity index (χ2n) is 6.38. The predicted molar refractivity (Wildman–Crippen MR) is 113 cm³/mol. The number of amides is 1. The van der Waals surface area contributed by atoms with Gasteiger partial charge in [0.1, 0.15) is 11.6 Å². The number of methoxy groups -OCH3 is 1. The van der Waals surface area contributed by atoms with Crippen molar-refractivity contribution in [3.05, 3.63) is 58.7 Å². The molecule has 0 saturated carbocycles. The summed E-state index contributed by atoms with van der Waals surface area (Å²) >= 11 is 0. The summed E-state index contributed by atoms with van der Waals surface area (Å²) < 4.78 is 15.5. The molecule has 0 unspecified atom stereocenters. The summed E-state index contributed by atoms with van der Waals surface area (Å²) in [5, 5.41) is 12.2. The predicted octanol–water partition coefficient (Wildman–Crippen LogP) is 3.80. The fourth-order valence-electron chi connectivity index (χ4n) is 2.63. The van der Waals surface area contributed by atoms with Crippen LogP contribution in [0.5, 0.6) is 11.5 Å². The number of ether oxygens (including phenoxy) is 3. The van der Waals surface area contributed by atoms with Crippen LogP contribution in [0, 0.1) is 25.2 Å². The number of carbonyl (C=O) groups is 2. The molecule has 0 aliphatic carbocycles. The first-order chi connectivity index (χ1) is 14.4. The summed E-state index contributed by atoms with van der Waals surface area (Å²) in [5.74, 6) is -0.316. The fourth-order valence-corrected chi connectivity index (χ4v) is 2.63. The second kappa shape index (κ2) is 10.7. The molecule has 2 aromatic rings. The minimum absolute atomic E-state index is 0.0718. The molecule has 2 rings (SSSR count). The molecule has 156 valence electrons. The number of hydrogen-bond acceptors (Lipinski definition) is 6. The first-order valence-corrected chi connectivity index (χ1v) is 9.35. The van der Waals surface area contributed by atoms with Gasteiger partial charge in [-0.3, -0.25) is 4.79 Å². The van der Waals surface area contributed by atoms with E-state index < -0.39 is 11.9 Å². The third-order valence-corrected chi connectivity index (χ3v) is 4.37. The van der Waals surface area contributed by atoms with Gasteiger partial charge in [-0.1, -0.05) is 18.2 Å². The number of nitrogens with one attached hydrogen (secondary N) is 1. The van der Waals surface area contributed by atoms with Crippen LogP contribution in [-0.2, 0) is 14.3 Å². The lowest BCUT2D eigenvalue weighted by Gasteiger charge is -2.12. The number of rotatable bonds is 8. The quantitative estimate of drug-likeness (QED) is 0.405. The topological polar surface area (TPSA) is 97.7 Å². The van der Waals surface area contributed by atoms with Gasteiger partial charge in [0.05, 0.1) is 13.7 Å². The molecule has 0 aliphatic rings. The van der Waals surface area contributed by atoms with Crippen molar-refractivity contribution < 1.29 is 23.8 Å². The SMILES string of the molecule is CCOC(=O)COc1cc(/C=C(/C#N)C(=O)Nc2cccc(C)c2C)ccc1OC. The smallest absolute Gasteiger partial charge is 0.344 e. The largest absolute Gasteiger partial charge is 0.493 e. The van der Waals surface area contributed by atoms with Gasteiger partial charge >= 0.3 is 5.97 Å². The zero-order valence-corrected chi connectivity index (χ0v) is 17.4. The summed E-state index contributed by atoms with van der Waals surface area (Å²) in [6.07, 6.45) is 1.44. The molecule has 0 fully saturated rings. The van der Waals surface area contributed by atoms with E-state index in [9.17, 15) is 14.9 Å². The standard InChI is InChI=1S/C23H24N2O5/c1-5-29-22(26)14-30-21-12-17(9-10-20(21)28-4)11-18(13-24)23(27)25-19-8-6-7-15(2)16(19)3/h6-12H,5,14H2,1-4H3,(H,25,27)/b18-11-. The molecule has 7 nitrogen and oxygen atoms in total. The van der Waals surface area contributed by atoms with E-state index >= 15 is 0 Å². The molecule has 0 saturated heterocycles. The number of benzene rings is 2. The maximum atomic E-state index is 12.6. The number of hydrogen-bond donors (Lipinski definition) is 1. The zero-order chi connectivity index (χ0) is 22.1. The van der Waals surface area contributed by atoms with E-state index in [0.717, 1.165) is 11.1 Å². The van der Waals surface area contributed by atoms with Gasteiger partial charge in [0, 0.05) is 5.69 Å². The van der Waals surface area contributed by atoms with Gasteiger partial charge in [0.25, 0.3) is 5.91 Å². The van der Waals surface area contributed by atoms with E-state index in [4.69, 9.17) is 14.2 Å². The Labute approximate surface area is 175 Å². The van der Waals surface area contributed by atoms with Crippen LogP contribution >= 0.6 is 0 Å². The molecule has 0 aliphatic heterocycles. The molecule has 30 heavy (non-hydrogen) atoms. The van der Waals surface area contributed by atoms with Crippen LogP contribution in [0.15, 0.2) is 42.0 Å². The molecule has 1 N–H and O–H groups in total. The average Bonchev–Trinajstić information content (AvgIpc) is 2.74. The lowest BCUT2D eigenvalue weighted by Crippen LogP contribution is -2.15. The Balaban J connectivity index is 2.24. The van der Waals surface area contributed by atoms with Crippen molar-refractivity contribution in [1.82, 2.24) is 0 Å². The molecule has 0 radical (unpaired) electrons. The number of carbonyl (C=O) groups excluding carboxylic acids is 2. The van der Waals surface area contributed by atoms with Crippen molar-refractivity contribution in [2.45, 2.75) is 20.8 Å². The third kappa shape index (κ3) is 5.85. The minimum Gasteiger partial charge on any atom is -0.493 e. The molecule has 0 aromatic heterocycles. The number of anilines is 1. The van der Waals surface area contributed by atoms with Gasteiger partial charge < -0.3 is 19.5 Å². The van der Waals surface area contributed by atoms with Gasteiger partial charge in [0.15, 0.2) is 18.1 Å². The van der Waals surface area contributed by atoms with Crippen LogP contribution in [-0.4, -0.2) is 32.2 Å². The third-order valence-electron chi connectivity index (χ3n) is 4.37. The van der Waals surface area contributed by atoms with Gasteiger partial charge in [-0.05, 0) is 61.7 Å². The van der Waals surface area contributed by atoms with E-state index in [1.807, 2.05) is 32.0 Å². The molecular weight excluding hydrogens is 384 g/mol. The second-order valence-corrected chi connectivity index (χ2v) is 6.38. The Morgan fingerprint density at radius 1 is 1.17 bits per heavy atom. The van der Waals surface area contributed by atoms with E-state index in [-0.39, 0.29) is 18.8 Å². The summed E-state index contributed by atoms with van der Waals surface area (Å²) in [4.78, 5) is 24.1. The van der Waals surface area contributed by atoms with Crippen molar-refractivity contribution in [1.29, 1.82) is 5.26 Å². The molecule has 1 amide bonds. The molecule has 0 spiro atoms. The lowest BCUT2D eigenvalue weighted by atomic mass is 10.1. The van der Waals surface area contributed by atoms with E-state index in [0.29, 0.717) is 22.7 Å². The lowest BCUT2D eigenvalue weighted by molar-refractivity contribution is -0.145. The van der Waals surface area contributed by atoms with Crippen LogP contribution < -0.4 is 14.8 Å². The van der Waals surface area contributed by atoms with Gasteiger partial charge in [0.2, 0.25) is 0 Å². The Morgan fingerprint density at radius 3 is 2.60 bits per heavy atom. The van der Waals surface area contributed by atoms with E-state index in [1.54, 1.807) is 31.2 Å². The maximum Gasteiger partial charge on any atom is 0.344 e. The number of nitrogens with zero attached hydrogens (tertiary/aromatic N) is 1. The highest BCUT2D eigenvalue weighted by Gasteiger charge is 2.13. The van der Waals surface area contributed by atoms with Crippen LogP contribution in [0.2, 0.25) is 0 Å². The number of aryl methyl sites for hydroxylation is 1. The molecule has 0 atom stereocenters. The monoisotopic (exact) mass is 408 g/mol. The van der Waals surface area contributed by atoms with E-state index in [1.165, 1.54) is 13.2 Å².